The molecule has 0 radical (unpaired) electrons. The number of carbonyl (C=O) groups excluding carboxylic acids is 2. The Labute approximate surface area is 555 Å². The first kappa shape index (κ1) is 59.6. The van der Waals surface area contributed by atoms with Gasteiger partial charge >= 0.3 is 17.6 Å². The minimum absolute atomic E-state index is 0.00133. The molecule has 11 heteroatoms. The average Bonchev–Trinajstić information content (AvgIpc) is 1.62. The van der Waals surface area contributed by atoms with Crippen LogP contribution < -0.4 is 10.4 Å². The summed E-state index contributed by atoms with van der Waals surface area (Å²) in [7, 11) is 1.53. The van der Waals surface area contributed by atoms with E-state index in [0.717, 1.165) is 49.7 Å². The fourth-order valence-electron chi connectivity index (χ4n) is 22.4. The van der Waals surface area contributed by atoms with Crippen molar-refractivity contribution in [1.82, 2.24) is 0 Å². The Kier molecular flexibility index (Phi) is 14.4. The Hall–Kier alpha value is -7.85. The lowest BCUT2D eigenvalue weighted by Gasteiger charge is -2.56. The van der Waals surface area contributed by atoms with Crippen molar-refractivity contribution in [1.29, 1.82) is 0 Å². The third-order valence-corrected chi connectivity index (χ3v) is 26.1. The smallest absolute Gasteiger partial charge is 0.340 e. The lowest BCUT2D eigenvalue weighted by molar-refractivity contribution is -0.210. The van der Waals surface area contributed by atoms with E-state index in [2.05, 4.69) is 139 Å². The number of allylic oxidation sites excluding steroid dienone is 6. The molecule has 3 fully saturated rings. The van der Waals surface area contributed by atoms with E-state index in [1.165, 1.54) is 70.0 Å². The Morgan fingerprint density at radius 3 is 2.52 bits per heavy atom. The minimum Gasteiger partial charge on any atom is -0.482 e. The predicted octanol–water partition coefficient (Wildman–Crippen LogP) is 14.9. The molecule has 6 aromatic rings. The summed E-state index contributed by atoms with van der Waals surface area (Å²) < 4.78 is 35.1. The SMILES string of the molecule is COC[C@@H](CCO)c1c(CO)c2ccc3c(c2oc1=O)[C@H]1OC(=O)C[C@H]2C[C@H](c4cccc5c4CC[C@@H]4CCC[C@H]6C=Cc7ccccc7[C@@]546)C=C[C@H]2c2ccc4c(c2)[C@H]2CC[C@H]4C/C4=C(/CO)CC#CCC5=C[C@@H]6[C@H](C[C@@H]7[C@]6(C=CC[C@@]7(O3)[C@H]1OC4=O)C2)c1ccccc15. The molecule has 8 aliphatic carbocycles. The number of aliphatic hydroxyl groups is 3. The number of hydrogen-bond acceptors (Lipinski definition) is 11. The van der Waals surface area contributed by atoms with Crippen molar-refractivity contribution in [3.05, 3.63) is 227 Å². The lowest BCUT2D eigenvalue weighted by Crippen LogP contribution is -2.64. The number of methoxy groups -OCH3 is 1. The van der Waals surface area contributed by atoms with Gasteiger partial charge in [-0.15, -0.1) is 0 Å². The number of carbonyl (C=O) groups is 2. The molecular weight excluding hydrogens is 1180 g/mol. The van der Waals surface area contributed by atoms with Gasteiger partial charge in [0.05, 0.1) is 25.4 Å². The first-order chi connectivity index (χ1) is 46.6. The Morgan fingerprint density at radius 2 is 1.63 bits per heavy atom. The van der Waals surface area contributed by atoms with Gasteiger partial charge in [0, 0.05) is 90.4 Å². The summed E-state index contributed by atoms with van der Waals surface area (Å²) in [6.45, 7) is -1.12. The molecule has 0 amide bonds. The van der Waals surface area contributed by atoms with Crippen LogP contribution in [0.1, 0.15) is 210 Å². The van der Waals surface area contributed by atoms with Gasteiger partial charge in [-0.3, -0.25) is 4.79 Å². The normalized spacial score (nSPS) is 34.2. The van der Waals surface area contributed by atoms with Crippen LogP contribution in [-0.2, 0) is 42.2 Å². The Bertz CT molecular complexity index is 4500. The van der Waals surface area contributed by atoms with E-state index in [0.29, 0.717) is 71.8 Å². The molecule has 2 saturated carbocycles. The number of ether oxygens (including phenoxy) is 4. The predicted molar refractivity (Wildman–Crippen MR) is 362 cm³/mol. The molecule has 16 atom stereocenters. The van der Waals surface area contributed by atoms with Crippen LogP contribution in [0.15, 0.2) is 154 Å². The molecular formula is C84H82O11. The molecule has 5 aromatic carbocycles. The molecule has 6 heterocycles. The number of fused-ring (bicyclic) bond motifs is 13. The molecule has 12 bridgehead atoms. The molecule has 0 unspecified atom stereocenters. The maximum Gasteiger partial charge on any atom is 0.340 e. The maximum atomic E-state index is 16.4. The lowest BCUT2D eigenvalue weighted by atomic mass is 9.48. The summed E-state index contributed by atoms with van der Waals surface area (Å²) >= 11 is 0. The van der Waals surface area contributed by atoms with Crippen LogP contribution in [-0.4, -0.2) is 65.9 Å². The van der Waals surface area contributed by atoms with Crippen LogP contribution in [0.4, 0.5) is 0 Å². The monoisotopic (exact) mass is 1270 g/mol. The van der Waals surface area contributed by atoms with Crippen molar-refractivity contribution in [2.75, 3.05) is 26.9 Å². The summed E-state index contributed by atoms with van der Waals surface area (Å²) in [5.41, 5.74) is 13.1. The molecule has 3 N–H and O–H groups in total. The number of benzene rings is 5. The van der Waals surface area contributed by atoms with Gasteiger partial charge in [0.25, 0.3) is 0 Å². The molecule has 5 aliphatic heterocycles. The van der Waals surface area contributed by atoms with E-state index in [9.17, 15) is 15.3 Å². The highest BCUT2D eigenvalue weighted by Gasteiger charge is 2.70. The molecule has 2 spiro atoms. The maximum absolute atomic E-state index is 16.4. The fourth-order valence-corrected chi connectivity index (χ4v) is 22.4. The highest BCUT2D eigenvalue weighted by Crippen LogP contribution is 2.71. The first-order valence-electron chi connectivity index (χ1n) is 35.5. The van der Waals surface area contributed by atoms with E-state index in [-0.39, 0.29) is 102 Å². The zero-order valence-corrected chi connectivity index (χ0v) is 54.0. The van der Waals surface area contributed by atoms with E-state index in [1.54, 1.807) is 0 Å². The van der Waals surface area contributed by atoms with Crippen molar-refractivity contribution in [3.8, 4) is 17.6 Å². The van der Waals surface area contributed by atoms with Gasteiger partial charge in [-0.05, 0) is 197 Å². The summed E-state index contributed by atoms with van der Waals surface area (Å²) in [4.78, 5) is 47.8. The third kappa shape index (κ3) is 8.81. The first-order valence-corrected chi connectivity index (χ1v) is 35.5. The van der Waals surface area contributed by atoms with Crippen molar-refractivity contribution < 1.29 is 48.3 Å². The summed E-state index contributed by atoms with van der Waals surface area (Å²) in [5, 5.41) is 33.9. The second kappa shape index (κ2) is 22.9. The van der Waals surface area contributed by atoms with Crippen LogP contribution in [0.25, 0.3) is 22.6 Å². The van der Waals surface area contributed by atoms with Crippen molar-refractivity contribution in [2.24, 2.45) is 35.0 Å². The highest BCUT2D eigenvalue weighted by molar-refractivity contribution is 5.91. The largest absolute Gasteiger partial charge is 0.482 e. The van der Waals surface area contributed by atoms with Gasteiger partial charge in [0.2, 0.25) is 0 Å². The van der Waals surface area contributed by atoms with Gasteiger partial charge in [0.1, 0.15) is 11.3 Å². The second-order valence-corrected chi connectivity index (χ2v) is 30.1. The molecule has 484 valence electrons. The van der Waals surface area contributed by atoms with Crippen LogP contribution >= 0.6 is 0 Å². The topological polar surface area (TPSA) is 162 Å². The molecule has 1 saturated heterocycles. The second-order valence-electron chi connectivity index (χ2n) is 30.1. The zero-order valence-electron chi connectivity index (χ0n) is 54.0. The average molecular weight is 1270 g/mol. The van der Waals surface area contributed by atoms with Crippen molar-refractivity contribution >= 4 is 34.6 Å². The van der Waals surface area contributed by atoms with Crippen LogP contribution in [0, 0.1) is 46.8 Å². The van der Waals surface area contributed by atoms with Crippen molar-refractivity contribution in [2.45, 2.75) is 168 Å². The molecule has 13 aliphatic rings. The van der Waals surface area contributed by atoms with E-state index >= 15 is 14.4 Å². The quantitative estimate of drug-likeness (QED) is 0.0576. The fraction of sp³-hybridized carbons (Fsp3) is 0.440. The molecule has 19 rings (SSSR count). The summed E-state index contributed by atoms with van der Waals surface area (Å²) in [6, 6.07) is 35.8. The Morgan fingerprint density at radius 1 is 0.779 bits per heavy atom. The van der Waals surface area contributed by atoms with Gasteiger partial charge in [-0.2, -0.15) is 0 Å². The van der Waals surface area contributed by atoms with Gasteiger partial charge in [-0.25, -0.2) is 9.59 Å². The van der Waals surface area contributed by atoms with Gasteiger partial charge in [-0.1, -0.05) is 146 Å². The van der Waals surface area contributed by atoms with E-state index < -0.39 is 59.9 Å². The van der Waals surface area contributed by atoms with Crippen LogP contribution in [0.3, 0.4) is 0 Å². The van der Waals surface area contributed by atoms with Crippen LogP contribution in [0.2, 0.25) is 0 Å². The summed E-state index contributed by atoms with van der Waals surface area (Å²) in [5.74, 6) is 5.78. The van der Waals surface area contributed by atoms with E-state index in [1.807, 2.05) is 12.1 Å². The molecule has 1 aromatic heterocycles. The standard InChI is InChI=1S/C84H82O11/c1-91-46-54(33-36-85)75-68(45-87)64-31-32-72-76(77(64)93-81(75)90)78-79-83(95-72)35-10-34-82-43-52-22-21-51(39-66(80(89)94-79)53(44-86)13-3-2-12-48-40-71(82)67(42-73(82)83)62-17-6-5-16-59(48)62)61-29-25-50(38-65(52)61)58-28-24-49(37-55(58)41-74(88)92-78)60-18-9-20-70-63(60)30-27-57-15-8-14-56-26-23-47-11-4-7-19-69(47)84(56,57)70/h4-7,9-11,16-20,23-26,28-29,31-32,34,38,40,49,51-52,54-58,67,71,73,78-79,85-87H,8,12-15,21-22,27,30,33,35-37,39,41-46H2,1H3/b66-53-/t49-,51+,52+,54-,55-,56+,57+,58+,67-,71-,73-,78-,79+,82-,83+,84+/m1/s1. The third-order valence-electron chi connectivity index (χ3n) is 26.1. The molecule has 11 nitrogen and oxygen atoms in total. The zero-order chi connectivity index (χ0) is 64.1. The summed E-state index contributed by atoms with van der Waals surface area (Å²) in [6.07, 6.45) is 25.3. The van der Waals surface area contributed by atoms with Gasteiger partial charge < -0.3 is 38.7 Å². The van der Waals surface area contributed by atoms with Gasteiger partial charge in [0.15, 0.2) is 17.8 Å². The van der Waals surface area contributed by atoms with Crippen molar-refractivity contribution in [3.63, 3.8) is 0 Å². The number of esters is 2. The van der Waals surface area contributed by atoms with E-state index in [4.69, 9.17) is 23.4 Å². The highest BCUT2D eigenvalue weighted by atomic mass is 16.6. The number of aliphatic hydroxyl groups excluding tert-OH is 3. The minimum atomic E-state index is -1.40. The number of rotatable bonds is 8. The van der Waals surface area contributed by atoms with Crippen LogP contribution in [0.5, 0.6) is 5.75 Å². The Balaban J connectivity index is 0.873. The number of hydrogen-bond donors (Lipinski definition) is 3. The molecule has 95 heavy (non-hydrogen) atoms.